The summed E-state index contributed by atoms with van der Waals surface area (Å²) in [5.41, 5.74) is 2.70. The Morgan fingerprint density at radius 2 is 1.81 bits per heavy atom. The number of fused-ring (bicyclic) bond motifs is 2. The van der Waals surface area contributed by atoms with Crippen LogP contribution in [0.15, 0.2) is 24.3 Å². The first-order chi connectivity index (χ1) is 13.0. The Morgan fingerprint density at radius 1 is 1.11 bits per heavy atom. The largest absolute Gasteiger partial charge is 0.353 e. The van der Waals surface area contributed by atoms with Crippen LogP contribution in [0.2, 0.25) is 0 Å². The van der Waals surface area contributed by atoms with Crippen LogP contribution in [0, 0.1) is 0 Å². The van der Waals surface area contributed by atoms with Gasteiger partial charge in [-0.2, -0.15) is 0 Å². The summed E-state index contributed by atoms with van der Waals surface area (Å²) in [5.74, 6) is 0.426. The van der Waals surface area contributed by atoms with Crippen molar-refractivity contribution in [1.29, 1.82) is 0 Å². The zero-order chi connectivity index (χ0) is 18.6. The fourth-order valence-corrected chi connectivity index (χ4v) is 7.01. The number of amides is 1. The Morgan fingerprint density at radius 3 is 2.48 bits per heavy atom. The van der Waals surface area contributed by atoms with Crippen LogP contribution in [-0.2, 0) is 20.2 Å². The number of hydrogen-bond acceptors (Lipinski definition) is 3. The molecular formula is C21H28N2O3S. The first-order valence-electron chi connectivity index (χ1n) is 10.4. The number of piperidine rings is 1. The maximum absolute atomic E-state index is 12.6. The summed E-state index contributed by atoms with van der Waals surface area (Å²) in [6.45, 7) is 1.24. The minimum atomic E-state index is -3.08. The van der Waals surface area contributed by atoms with Crippen molar-refractivity contribution in [2.24, 2.45) is 0 Å². The van der Waals surface area contributed by atoms with Crippen LogP contribution in [0.4, 0.5) is 0 Å². The zero-order valence-corrected chi connectivity index (χ0v) is 16.5. The highest BCUT2D eigenvalue weighted by Gasteiger charge is 2.49. The van der Waals surface area contributed by atoms with E-state index in [0.717, 1.165) is 44.9 Å². The molecule has 1 heterocycles. The van der Waals surface area contributed by atoms with E-state index in [-0.39, 0.29) is 22.5 Å². The van der Waals surface area contributed by atoms with Gasteiger partial charge >= 0.3 is 0 Å². The minimum absolute atomic E-state index is 0.0384. The summed E-state index contributed by atoms with van der Waals surface area (Å²) in [4.78, 5) is 12.4. The standard InChI is InChI=1S/C21H28N2O3S/c24-20(22-16-5-6-16)13-15-14-21(19-4-2-1-3-18(15)19)9-11-23(12-10-21)27(25,26)17-7-8-17/h1-4,15-17H,5-14H2,(H,22,24)/t15-/m0/s1. The molecule has 0 unspecified atom stereocenters. The summed E-state index contributed by atoms with van der Waals surface area (Å²) < 4.78 is 26.9. The van der Waals surface area contributed by atoms with Crippen LogP contribution in [0.25, 0.3) is 0 Å². The average molecular weight is 389 g/mol. The molecule has 0 aromatic heterocycles. The number of nitrogens with one attached hydrogen (secondary N) is 1. The highest BCUT2D eigenvalue weighted by atomic mass is 32.2. The summed E-state index contributed by atoms with van der Waals surface area (Å²) in [6, 6.07) is 8.93. The van der Waals surface area contributed by atoms with Gasteiger partial charge in [0.05, 0.1) is 5.25 Å². The van der Waals surface area contributed by atoms with Gasteiger partial charge in [0.1, 0.15) is 0 Å². The molecular weight excluding hydrogens is 360 g/mol. The monoisotopic (exact) mass is 388 g/mol. The third kappa shape index (κ3) is 3.21. The first kappa shape index (κ1) is 17.7. The lowest BCUT2D eigenvalue weighted by Gasteiger charge is -2.40. The lowest BCUT2D eigenvalue weighted by molar-refractivity contribution is -0.121. The molecule has 5 rings (SSSR count). The fraction of sp³-hybridized carbons (Fsp3) is 0.667. The lowest BCUT2D eigenvalue weighted by atomic mass is 9.73. The fourth-order valence-electron chi connectivity index (χ4n) is 5.17. The van der Waals surface area contributed by atoms with Gasteiger partial charge in [0.15, 0.2) is 0 Å². The Bertz CT molecular complexity index is 850. The van der Waals surface area contributed by atoms with E-state index in [1.54, 1.807) is 4.31 Å². The maximum atomic E-state index is 12.6. The SMILES string of the molecule is O=C(C[C@H]1CC2(CCN(S(=O)(=O)C3CC3)CC2)c2ccccc21)NC1CC1. The Hall–Kier alpha value is -1.40. The lowest BCUT2D eigenvalue weighted by Crippen LogP contribution is -2.45. The molecule has 3 fully saturated rings. The third-order valence-corrected chi connectivity index (χ3v) is 9.37. The molecule has 3 aliphatic carbocycles. The first-order valence-corrected chi connectivity index (χ1v) is 11.9. The molecule has 1 aromatic carbocycles. The van der Waals surface area contributed by atoms with E-state index < -0.39 is 10.0 Å². The molecule has 1 N–H and O–H groups in total. The van der Waals surface area contributed by atoms with Crippen molar-refractivity contribution in [3.63, 3.8) is 0 Å². The van der Waals surface area contributed by atoms with Gasteiger partial charge < -0.3 is 5.32 Å². The highest BCUT2D eigenvalue weighted by Crippen LogP contribution is 2.53. The van der Waals surface area contributed by atoms with Gasteiger partial charge in [-0.15, -0.1) is 0 Å². The van der Waals surface area contributed by atoms with Gasteiger partial charge in [0.25, 0.3) is 0 Å². The molecule has 1 amide bonds. The van der Waals surface area contributed by atoms with Gasteiger partial charge in [-0.3, -0.25) is 4.79 Å². The van der Waals surface area contributed by atoms with Gasteiger partial charge in [0, 0.05) is 25.6 Å². The van der Waals surface area contributed by atoms with Gasteiger partial charge in [-0.05, 0) is 67.4 Å². The third-order valence-electron chi connectivity index (χ3n) is 6.97. The molecule has 1 spiro atoms. The molecule has 6 heteroatoms. The quantitative estimate of drug-likeness (QED) is 0.843. The van der Waals surface area contributed by atoms with Crippen LogP contribution in [-0.4, -0.2) is 43.0 Å². The zero-order valence-electron chi connectivity index (χ0n) is 15.7. The topological polar surface area (TPSA) is 66.5 Å². The molecule has 2 saturated carbocycles. The van der Waals surface area contributed by atoms with E-state index >= 15 is 0 Å². The number of hydrogen-bond donors (Lipinski definition) is 1. The van der Waals surface area contributed by atoms with Crippen molar-refractivity contribution in [2.45, 2.75) is 74.0 Å². The molecule has 27 heavy (non-hydrogen) atoms. The van der Waals surface area contributed by atoms with E-state index in [1.807, 2.05) is 0 Å². The summed E-state index contributed by atoms with van der Waals surface area (Å²) in [7, 11) is -3.08. The summed E-state index contributed by atoms with van der Waals surface area (Å²) in [6.07, 6.45) is 7.15. The highest BCUT2D eigenvalue weighted by molar-refractivity contribution is 7.90. The maximum Gasteiger partial charge on any atom is 0.220 e. The predicted octanol–water partition coefficient (Wildman–Crippen LogP) is 2.67. The van der Waals surface area contributed by atoms with Crippen LogP contribution < -0.4 is 5.32 Å². The molecule has 1 aliphatic heterocycles. The minimum Gasteiger partial charge on any atom is -0.353 e. The second kappa shape index (κ2) is 6.31. The van der Waals surface area contributed by atoms with Crippen LogP contribution in [0.5, 0.6) is 0 Å². The van der Waals surface area contributed by atoms with Crippen LogP contribution in [0.1, 0.15) is 68.4 Å². The molecule has 5 nitrogen and oxygen atoms in total. The van der Waals surface area contributed by atoms with Crippen molar-refractivity contribution in [3.05, 3.63) is 35.4 Å². The van der Waals surface area contributed by atoms with Crippen LogP contribution >= 0.6 is 0 Å². The Kier molecular flexibility index (Phi) is 4.13. The molecule has 1 aromatic rings. The van der Waals surface area contributed by atoms with Gasteiger partial charge in [-0.25, -0.2) is 12.7 Å². The predicted molar refractivity (Wildman–Crippen MR) is 104 cm³/mol. The number of nitrogens with zero attached hydrogens (tertiary/aromatic N) is 1. The van der Waals surface area contributed by atoms with E-state index in [2.05, 4.69) is 29.6 Å². The molecule has 0 radical (unpaired) electrons. The number of sulfonamides is 1. The van der Waals surface area contributed by atoms with E-state index in [1.165, 1.54) is 11.1 Å². The normalized spacial score (nSPS) is 27.5. The second-order valence-electron chi connectivity index (χ2n) is 8.96. The molecule has 1 saturated heterocycles. The summed E-state index contributed by atoms with van der Waals surface area (Å²) >= 11 is 0. The Balaban J connectivity index is 1.33. The van der Waals surface area contributed by atoms with E-state index in [9.17, 15) is 13.2 Å². The number of carbonyl (C=O) groups excluding carboxylic acids is 1. The van der Waals surface area contributed by atoms with Crippen molar-refractivity contribution >= 4 is 15.9 Å². The van der Waals surface area contributed by atoms with E-state index in [0.29, 0.717) is 25.6 Å². The summed E-state index contributed by atoms with van der Waals surface area (Å²) in [5, 5.41) is 3.00. The van der Waals surface area contributed by atoms with Gasteiger partial charge in [0.2, 0.25) is 15.9 Å². The van der Waals surface area contributed by atoms with Crippen molar-refractivity contribution < 1.29 is 13.2 Å². The van der Waals surface area contributed by atoms with Gasteiger partial charge in [-0.1, -0.05) is 24.3 Å². The number of benzene rings is 1. The van der Waals surface area contributed by atoms with Crippen molar-refractivity contribution in [3.8, 4) is 0 Å². The average Bonchev–Trinajstić information content (AvgIpc) is 3.56. The Labute approximate surface area is 161 Å². The van der Waals surface area contributed by atoms with E-state index in [4.69, 9.17) is 0 Å². The molecule has 146 valence electrons. The van der Waals surface area contributed by atoms with Crippen LogP contribution in [0.3, 0.4) is 0 Å². The number of rotatable bonds is 5. The smallest absolute Gasteiger partial charge is 0.220 e. The number of carbonyl (C=O) groups is 1. The van der Waals surface area contributed by atoms with Crippen molar-refractivity contribution in [2.75, 3.05) is 13.1 Å². The molecule has 0 bridgehead atoms. The van der Waals surface area contributed by atoms with Crippen molar-refractivity contribution in [1.82, 2.24) is 9.62 Å². The second-order valence-corrected chi connectivity index (χ2v) is 11.2. The molecule has 4 aliphatic rings. The molecule has 1 atom stereocenters.